The third-order valence-corrected chi connectivity index (χ3v) is 10.1. The number of carbonyl (C=O) groups is 4. The molecule has 0 spiro atoms. The Morgan fingerprint density at radius 3 is 2.35 bits per heavy atom. The summed E-state index contributed by atoms with van der Waals surface area (Å²) in [6, 6.07) is 18.6. The fourth-order valence-electron chi connectivity index (χ4n) is 7.30. The first kappa shape index (κ1) is 29.9. The molecule has 8 nitrogen and oxygen atoms in total. The van der Waals surface area contributed by atoms with Gasteiger partial charge < -0.3 is 9.47 Å². The number of amides is 2. The first-order valence-electron chi connectivity index (χ1n) is 15.2. The lowest BCUT2D eigenvalue weighted by atomic mass is 9.82. The molecule has 0 radical (unpaired) electrons. The average Bonchev–Trinajstić information content (AvgIpc) is 3.71. The molecule has 7 rings (SSSR count). The van der Waals surface area contributed by atoms with Crippen LogP contribution in [0.3, 0.4) is 0 Å². The molecular formula is C37H31ClN2O6. The van der Waals surface area contributed by atoms with Gasteiger partial charge in [0.2, 0.25) is 17.6 Å². The van der Waals surface area contributed by atoms with Crippen molar-refractivity contribution < 1.29 is 28.7 Å². The molecule has 46 heavy (non-hydrogen) atoms. The van der Waals surface area contributed by atoms with Crippen LogP contribution >= 0.6 is 11.6 Å². The van der Waals surface area contributed by atoms with Crippen LogP contribution < -0.4 is 9.64 Å². The van der Waals surface area contributed by atoms with Crippen LogP contribution in [0.5, 0.6) is 5.75 Å². The number of aromatic nitrogens is 1. The number of ketones is 1. The topological polar surface area (TPSA) is 103 Å². The maximum Gasteiger partial charge on any atom is 0.339 e. The number of Topliss-reactive ketones (excluding diaryl/α,β-unsaturated/α-hetero) is 1. The number of halogens is 1. The van der Waals surface area contributed by atoms with E-state index in [1.54, 1.807) is 73.8 Å². The predicted octanol–water partition coefficient (Wildman–Crippen LogP) is 7.00. The molecule has 2 fully saturated rings. The van der Waals surface area contributed by atoms with Crippen LogP contribution in [0.1, 0.15) is 46.5 Å². The molecule has 1 aromatic heterocycles. The summed E-state index contributed by atoms with van der Waals surface area (Å²) in [6.07, 6.45) is 1.98. The average molecular weight is 635 g/mol. The normalized spacial score (nSPS) is 22.2. The molecule has 2 amide bonds. The summed E-state index contributed by atoms with van der Waals surface area (Å²) in [7, 11) is 1.54. The van der Waals surface area contributed by atoms with E-state index in [1.165, 1.54) is 17.4 Å². The van der Waals surface area contributed by atoms with E-state index in [4.69, 9.17) is 26.1 Å². The summed E-state index contributed by atoms with van der Waals surface area (Å²) in [5, 5.41) is 1.03. The van der Waals surface area contributed by atoms with Crippen molar-refractivity contribution in [3.05, 3.63) is 100 Å². The smallest absolute Gasteiger partial charge is 0.339 e. The number of carbonyl (C=O) groups excluding carboxylic acids is 4. The van der Waals surface area contributed by atoms with Crippen molar-refractivity contribution in [1.82, 2.24) is 4.98 Å². The van der Waals surface area contributed by atoms with Gasteiger partial charge in [-0.1, -0.05) is 41.4 Å². The Hall–Kier alpha value is -4.82. The number of ether oxygens (including phenoxy) is 2. The minimum atomic E-state index is -1.05. The predicted molar refractivity (Wildman–Crippen MR) is 174 cm³/mol. The molecule has 2 aliphatic carbocycles. The zero-order valence-corrected chi connectivity index (χ0v) is 26.5. The van der Waals surface area contributed by atoms with Crippen molar-refractivity contribution in [2.45, 2.75) is 33.3 Å². The Morgan fingerprint density at radius 1 is 0.957 bits per heavy atom. The van der Waals surface area contributed by atoms with Crippen LogP contribution in [0.2, 0.25) is 5.02 Å². The van der Waals surface area contributed by atoms with Gasteiger partial charge in [0.15, 0.2) is 6.10 Å². The molecule has 1 saturated heterocycles. The number of anilines is 1. The Morgan fingerprint density at radius 2 is 1.65 bits per heavy atom. The number of fused-ring (bicyclic) bond motifs is 6. The lowest BCUT2D eigenvalue weighted by Gasteiger charge is -2.19. The molecule has 5 unspecified atom stereocenters. The molecule has 2 heterocycles. The molecule has 2 bridgehead atoms. The van der Waals surface area contributed by atoms with Crippen LogP contribution in [0, 0.1) is 30.6 Å². The van der Waals surface area contributed by atoms with Crippen LogP contribution in [0.4, 0.5) is 5.69 Å². The van der Waals surface area contributed by atoms with Gasteiger partial charge in [-0.25, -0.2) is 9.78 Å². The summed E-state index contributed by atoms with van der Waals surface area (Å²) >= 11 is 6.45. The number of hydrogen-bond acceptors (Lipinski definition) is 7. The van der Waals surface area contributed by atoms with Crippen molar-refractivity contribution in [3.8, 4) is 17.0 Å². The summed E-state index contributed by atoms with van der Waals surface area (Å²) < 4.78 is 10.9. The molecule has 4 aromatic rings. The summed E-state index contributed by atoms with van der Waals surface area (Å²) in [4.78, 5) is 59.7. The Labute approximate surface area is 271 Å². The van der Waals surface area contributed by atoms with Gasteiger partial charge in [0.05, 0.1) is 41.4 Å². The molecule has 1 saturated carbocycles. The second-order valence-corrected chi connectivity index (χ2v) is 12.7. The van der Waals surface area contributed by atoms with E-state index in [2.05, 4.69) is 6.08 Å². The van der Waals surface area contributed by atoms with E-state index >= 15 is 0 Å². The Kier molecular flexibility index (Phi) is 7.28. The molecule has 0 N–H and O–H groups in total. The number of rotatable bonds is 7. The fraction of sp³-hybridized carbons (Fsp3) is 0.270. The van der Waals surface area contributed by atoms with Gasteiger partial charge in [0.25, 0.3) is 0 Å². The van der Waals surface area contributed by atoms with Gasteiger partial charge in [0, 0.05) is 21.5 Å². The zero-order valence-electron chi connectivity index (χ0n) is 25.7. The van der Waals surface area contributed by atoms with Crippen molar-refractivity contribution in [2.24, 2.45) is 23.7 Å². The molecular weight excluding hydrogens is 604 g/mol. The second-order valence-electron chi connectivity index (χ2n) is 12.3. The van der Waals surface area contributed by atoms with E-state index in [9.17, 15) is 19.2 Å². The molecule has 3 aromatic carbocycles. The van der Waals surface area contributed by atoms with Crippen LogP contribution in [-0.4, -0.2) is 41.8 Å². The van der Waals surface area contributed by atoms with Crippen molar-refractivity contribution in [1.29, 1.82) is 0 Å². The SMILES string of the molecule is COc1ccc(C(=O)C(C)OC(=O)c2cc(-c3ccc(N4C(=O)C5C6C=C(C)C(C6)C5C4=O)cc3)nc3c(C)c(Cl)ccc23)cc1. The highest BCUT2D eigenvalue weighted by atomic mass is 35.5. The number of imide groups is 1. The quantitative estimate of drug-likeness (QED) is 0.0933. The van der Waals surface area contributed by atoms with Gasteiger partial charge in [-0.05, 0) is 93.1 Å². The van der Waals surface area contributed by atoms with Gasteiger partial charge in [-0.3, -0.25) is 19.3 Å². The van der Waals surface area contributed by atoms with Crippen LogP contribution in [0.15, 0.2) is 78.4 Å². The Bertz CT molecular complexity index is 1980. The number of benzene rings is 3. The third-order valence-electron chi connectivity index (χ3n) is 9.72. The van der Waals surface area contributed by atoms with E-state index in [-0.39, 0.29) is 46.8 Å². The molecule has 232 valence electrons. The van der Waals surface area contributed by atoms with E-state index in [1.807, 2.05) is 13.8 Å². The largest absolute Gasteiger partial charge is 0.497 e. The summed E-state index contributed by atoms with van der Waals surface area (Å²) in [5.74, 6) is -1.01. The fourth-order valence-corrected chi connectivity index (χ4v) is 7.45. The van der Waals surface area contributed by atoms with E-state index in [0.29, 0.717) is 49.7 Å². The standard InChI is InChI=1S/C37H31ClN2O6/c1-18-15-23-16-27(18)32-31(23)35(42)40(36(32)43)24-9-5-21(6-10-24)30-17-28(26-13-14-29(38)19(2)33(26)39-30)37(44)46-20(3)34(41)22-7-11-25(45-4)12-8-22/h5-15,17,20,23,27,31-32H,16H2,1-4H3. The maximum absolute atomic E-state index is 13.6. The Balaban J connectivity index is 1.19. The lowest BCUT2D eigenvalue weighted by Crippen LogP contribution is -2.32. The van der Waals surface area contributed by atoms with Crippen LogP contribution in [0.25, 0.3) is 22.2 Å². The second kappa shape index (κ2) is 11.2. The van der Waals surface area contributed by atoms with Gasteiger partial charge in [-0.15, -0.1) is 0 Å². The minimum absolute atomic E-state index is 0.125. The third kappa shape index (κ3) is 4.70. The number of allylic oxidation sites excluding steroid dienone is 2. The summed E-state index contributed by atoms with van der Waals surface area (Å²) in [6.45, 7) is 5.40. The first-order chi connectivity index (χ1) is 22.1. The maximum atomic E-state index is 13.6. The zero-order chi connectivity index (χ0) is 32.4. The number of nitrogens with zero attached hydrogens (tertiary/aromatic N) is 2. The molecule has 1 aliphatic heterocycles. The molecule has 3 aliphatic rings. The van der Waals surface area contributed by atoms with Crippen molar-refractivity contribution >= 4 is 51.8 Å². The monoisotopic (exact) mass is 634 g/mol. The number of pyridine rings is 1. The number of aryl methyl sites for hydroxylation is 1. The van der Waals surface area contributed by atoms with Gasteiger partial charge in [0.1, 0.15) is 5.75 Å². The van der Waals surface area contributed by atoms with E-state index in [0.717, 1.165) is 6.42 Å². The molecule has 9 heteroatoms. The first-order valence-corrected chi connectivity index (χ1v) is 15.6. The van der Waals surface area contributed by atoms with Gasteiger partial charge >= 0.3 is 5.97 Å². The van der Waals surface area contributed by atoms with Crippen LogP contribution in [-0.2, 0) is 14.3 Å². The molecule has 5 atom stereocenters. The highest BCUT2D eigenvalue weighted by molar-refractivity contribution is 6.32. The number of methoxy groups -OCH3 is 1. The van der Waals surface area contributed by atoms with Crippen molar-refractivity contribution in [3.63, 3.8) is 0 Å². The summed E-state index contributed by atoms with van der Waals surface area (Å²) in [5.41, 5.74) is 4.68. The van der Waals surface area contributed by atoms with Gasteiger partial charge in [-0.2, -0.15) is 0 Å². The minimum Gasteiger partial charge on any atom is -0.497 e. The van der Waals surface area contributed by atoms with E-state index < -0.39 is 12.1 Å². The highest BCUT2D eigenvalue weighted by Crippen LogP contribution is 2.56. The highest BCUT2D eigenvalue weighted by Gasteiger charge is 2.60. The number of hydrogen-bond donors (Lipinski definition) is 0. The van der Waals surface area contributed by atoms with Crippen molar-refractivity contribution in [2.75, 3.05) is 12.0 Å². The number of esters is 1. The lowest BCUT2D eigenvalue weighted by molar-refractivity contribution is -0.123.